The van der Waals surface area contributed by atoms with Crippen molar-refractivity contribution >= 4 is 11.3 Å². The molecule has 2 rings (SSSR count). The van der Waals surface area contributed by atoms with Gasteiger partial charge in [-0.1, -0.05) is 39.8 Å². The number of halogens is 1. The second-order valence-electron chi connectivity index (χ2n) is 3.86. The highest BCUT2D eigenvalue weighted by atomic mass is 32.1. The van der Waals surface area contributed by atoms with Crippen molar-refractivity contribution in [2.24, 2.45) is 0 Å². The van der Waals surface area contributed by atoms with Crippen molar-refractivity contribution in [2.45, 2.75) is 33.6 Å². The largest absolute Gasteiger partial charge is 0.207 e. The normalized spacial score (nSPS) is 10.0. The molecule has 0 radical (unpaired) electrons. The van der Waals surface area contributed by atoms with Gasteiger partial charge in [0, 0.05) is 9.75 Å². The molecule has 0 aliphatic heterocycles. The summed E-state index contributed by atoms with van der Waals surface area (Å²) < 4.78 is 12.7. The van der Waals surface area contributed by atoms with E-state index in [4.69, 9.17) is 0 Å². The van der Waals surface area contributed by atoms with Crippen LogP contribution in [0.4, 0.5) is 4.39 Å². The molecule has 17 heavy (non-hydrogen) atoms. The number of thiophene rings is 1. The molecule has 0 bridgehead atoms. The van der Waals surface area contributed by atoms with E-state index in [-0.39, 0.29) is 5.82 Å². The van der Waals surface area contributed by atoms with Gasteiger partial charge in [-0.3, -0.25) is 0 Å². The van der Waals surface area contributed by atoms with E-state index in [1.165, 1.54) is 21.9 Å². The van der Waals surface area contributed by atoms with Gasteiger partial charge in [-0.15, -0.1) is 11.3 Å². The lowest BCUT2D eigenvalue weighted by molar-refractivity contribution is 0.628. The van der Waals surface area contributed by atoms with Crippen molar-refractivity contribution in [2.75, 3.05) is 0 Å². The molecule has 0 amide bonds. The molecule has 92 valence electrons. The zero-order valence-electron chi connectivity index (χ0n) is 10.8. The second-order valence-corrected chi connectivity index (χ2v) is 4.98. The predicted molar refractivity (Wildman–Crippen MR) is 75.2 cm³/mol. The Morgan fingerprint density at radius 3 is 2.00 bits per heavy atom. The molecule has 0 unspecified atom stereocenters. The van der Waals surface area contributed by atoms with Crippen LogP contribution in [-0.4, -0.2) is 0 Å². The first-order valence-corrected chi connectivity index (χ1v) is 6.84. The molecule has 0 saturated carbocycles. The quantitative estimate of drug-likeness (QED) is 0.641. The molecule has 0 N–H and O–H groups in total. The first-order chi connectivity index (χ1) is 8.16. The van der Waals surface area contributed by atoms with Crippen LogP contribution in [0.1, 0.15) is 38.5 Å². The van der Waals surface area contributed by atoms with Crippen molar-refractivity contribution in [3.8, 4) is 10.4 Å². The van der Waals surface area contributed by atoms with E-state index >= 15 is 0 Å². The highest BCUT2D eigenvalue weighted by Gasteiger charge is 2.05. The van der Waals surface area contributed by atoms with Crippen LogP contribution in [0.25, 0.3) is 10.4 Å². The van der Waals surface area contributed by atoms with Crippen LogP contribution >= 0.6 is 11.3 Å². The first-order valence-electron chi connectivity index (χ1n) is 6.02. The Bertz CT molecular complexity index is 440. The Hall–Kier alpha value is -1.15. The first kappa shape index (κ1) is 13.9. The van der Waals surface area contributed by atoms with Crippen LogP contribution in [0.2, 0.25) is 0 Å². The molecule has 0 nitrogen and oxygen atoms in total. The van der Waals surface area contributed by atoms with Gasteiger partial charge in [0.15, 0.2) is 0 Å². The highest BCUT2D eigenvalue weighted by molar-refractivity contribution is 7.15. The van der Waals surface area contributed by atoms with Crippen LogP contribution in [0, 0.1) is 5.82 Å². The molecule has 1 heterocycles. The minimum atomic E-state index is -0.181. The molecule has 0 spiro atoms. The summed E-state index contributed by atoms with van der Waals surface area (Å²) in [5, 5.41) is 0. The topological polar surface area (TPSA) is 0 Å². The molecule has 0 fully saturated rings. The van der Waals surface area contributed by atoms with E-state index in [1.807, 2.05) is 26.0 Å². The van der Waals surface area contributed by atoms with Crippen LogP contribution < -0.4 is 0 Å². The smallest absolute Gasteiger partial charge is 0.123 e. The summed E-state index contributed by atoms with van der Waals surface area (Å²) in [5.74, 6) is 0.378. The number of rotatable bonds is 2. The molecule has 1 aromatic carbocycles. The standard InChI is InChI=1S/C13H13FS.C2H6/c1-9(2)12-7-8-13(15-12)10-3-5-11(14)6-4-10;1-2/h3-9H,1-2H3;1-2H3. The molecule has 2 aromatic rings. The Labute approximate surface area is 107 Å². The Morgan fingerprint density at radius 1 is 0.941 bits per heavy atom. The average molecular weight is 250 g/mol. The summed E-state index contributed by atoms with van der Waals surface area (Å²) in [6.07, 6.45) is 0. The van der Waals surface area contributed by atoms with E-state index in [0.29, 0.717) is 5.92 Å². The molecular weight excluding hydrogens is 231 g/mol. The van der Waals surface area contributed by atoms with Crippen molar-refractivity contribution in [3.05, 3.63) is 47.1 Å². The third-order valence-electron chi connectivity index (χ3n) is 2.32. The van der Waals surface area contributed by atoms with E-state index in [2.05, 4.69) is 26.0 Å². The molecule has 1 aromatic heterocycles. The second kappa shape index (κ2) is 6.55. The third kappa shape index (κ3) is 3.67. The van der Waals surface area contributed by atoms with Crippen LogP contribution in [0.5, 0.6) is 0 Å². The van der Waals surface area contributed by atoms with Crippen LogP contribution in [0.3, 0.4) is 0 Å². The monoisotopic (exact) mass is 250 g/mol. The Kier molecular flexibility index (Phi) is 5.36. The van der Waals surface area contributed by atoms with Crippen molar-refractivity contribution < 1.29 is 4.39 Å². The van der Waals surface area contributed by atoms with E-state index < -0.39 is 0 Å². The van der Waals surface area contributed by atoms with E-state index in [0.717, 1.165) is 5.56 Å². The fourth-order valence-corrected chi connectivity index (χ4v) is 2.45. The van der Waals surface area contributed by atoms with Gasteiger partial charge in [-0.2, -0.15) is 0 Å². The fourth-order valence-electron chi connectivity index (χ4n) is 1.43. The molecule has 0 aliphatic carbocycles. The SMILES string of the molecule is CC.CC(C)c1ccc(-c2ccc(F)cc2)s1. The summed E-state index contributed by atoms with van der Waals surface area (Å²) in [7, 11) is 0. The van der Waals surface area contributed by atoms with Gasteiger partial charge in [0.05, 0.1) is 0 Å². The number of hydrogen-bond donors (Lipinski definition) is 0. The predicted octanol–water partition coefficient (Wildman–Crippen LogP) is 5.70. The lowest BCUT2D eigenvalue weighted by Gasteiger charge is -1.99. The molecular formula is C15H19FS. The molecule has 0 atom stereocenters. The van der Waals surface area contributed by atoms with Crippen LogP contribution in [-0.2, 0) is 0 Å². The van der Waals surface area contributed by atoms with Gasteiger partial charge < -0.3 is 0 Å². The lowest BCUT2D eigenvalue weighted by atomic mass is 10.1. The molecule has 0 aliphatic rings. The molecule has 0 saturated heterocycles. The maximum atomic E-state index is 12.7. The van der Waals surface area contributed by atoms with Crippen molar-refractivity contribution in [3.63, 3.8) is 0 Å². The van der Waals surface area contributed by atoms with Gasteiger partial charge >= 0.3 is 0 Å². The maximum Gasteiger partial charge on any atom is 0.123 e. The highest BCUT2D eigenvalue weighted by Crippen LogP contribution is 2.31. The van der Waals surface area contributed by atoms with Crippen molar-refractivity contribution in [1.82, 2.24) is 0 Å². The minimum absolute atomic E-state index is 0.181. The summed E-state index contributed by atoms with van der Waals surface area (Å²) in [4.78, 5) is 2.58. The summed E-state index contributed by atoms with van der Waals surface area (Å²) >= 11 is 1.78. The fraction of sp³-hybridized carbons (Fsp3) is 0.333. The van der Waals surface area contributed by atoms with Gasteiger partial charge in [0.2, 0.25) is 0 Å². The van der Waals surface area contributed by atoms with Crippen LogP contribution in [0.15, 0.2) is 36.4 Å². The van der Waals surface area contributed by atoms with Gasteiger partial charge in [0.1, 0.15) is 5.82 Å². The number of benzene rings is 1. The van der Waals surface area contributed by atoms with Crippen molar-refractivity contribution in [1.29, 1.82) is 0 Å². The Balaban J connectivity index is 0.000000686. The lowest BCUT2D eigenvalue weighted by Crippen LogP contribution is -1.77. The van der Waals surface area contributed by atoms with Gasteiger partial charge in [-0.05, 0) is 35.7 Å². The molecule has 2 heteroatoms. The zero-order chi connectivity index (χ0) is 12.8. The zero-order valence-corrected chi connectivity index (χ0v) is 11.6. The average Bonchev–Trinajstić information content (AvgIpc) is 2.82. The summed E-state index contributed by atoms with van der Waals surface area (Å²) in [6.45, 7) is 8.36. The van der Waals surface area contributed by atoms with Gasteiger partial charge in [0.25, 0.3) is 0 Å². The minimum Gasteiger partial charge on any atom is -0.207 e. The van der Waals surface area contributed by atoms with E-state index in [1.54, 1.807) is 11.3 Å². The Morgan fingerprint density at radius 2 is 1.53 bits per heavy atom. The third-order valence-corrected chi connectivity index (χ3v) is 3.76. The maximum absolute atomic E-state index is 12.7. The summed E-state index contributed by atoms with van der Waals surface area (Å²) in [6, 6.07) is 10.9. The number of hydrogen-bond acceptors (Lipinski definition) is 1. The summed E-state index contributed by atoms with van der Waals surface area (Å²) in [5.41, 5.74) is 1.09. The van der Waals surface area contributed by atoms with E-state index in [9.17, 15) is 4.39 Å². The van der Waals surface area contributed by atoms with Gasteiger partial charge in [-0.25, -0.2) is 4.39 Å².